The molecule has 0 atom stereocenters. The molecular weight excluding hydrogens is 218 g/mol. The summed E-state index contributed by atoms with van der Waals surface area (Å²) in [6, 6.07) is 0. The van der Waals surface area contributed by atoms with Gasteiger partial charge >= 0.3 is 12.0 Å². The first-order valence-corrected chi connectivity index (χ1v) is 5.51. The van der Waals surface area contributed by atoms with E-state index in [2.05, 4.69) is 0 Å². The van der Waals surface area contributed by atoms with Gasteiger partial charge in [0.05, 0.1) is 0 Å². The fraction of sp³-hybridized carbons (Fsp3) is 0.667. The Morgan fingerprint density at radius 1 is 1.40 bits per heavy atom. The van der Waals surface area contributed by atoms with Gasteiger partial charge in [-0.25, -0.2) is 9.69 Å². The van der Waals surface area contributed by atoms with Gasteiger partial charge in [0.15, 0.2) is 0 Å². The highest BCUT2D eigenvalue weighted by Gasteiger charge is 2.34. The minimum atomic E-state index is -0.791. The number of rotatable bonds is 0. The lowest BCUT2D eigenvalue weighted by Gasteiger charge is -2.27. The zero-order valence-electron chi connectivity index (χ0n) is 8.90. The normalized spacial score (nSPS) is 17.9. The Balaban J connectivity index is 2.67. The molecule has 1 fully saturated rings. The average molecular weight is 231 g/mol. The maximum absolute atomic E-state index is 11.5. The van der Waals surface area contributed by atoms with Crippen LogP contribution in [0.3, 0.4) is 0 Å². The molecule has 1 aliphatic rings. The zero-order chi connectivity index (χ0) is 11.6. The summed E-state index contributed by atoms with van der Waals surface area (Å²) in [5, 5.41) is -0.605. The fourth-order valence-corrected chi connectivity index (χ4v) is 1.69. The van der Waals surface area contributed by atoms with Gasteiger partial charge in [0, 0.05) is 12.3 Å². The minimum Gasteiger partial charge on any atom is -0.443 e. The van der Waals surface area contributed by atoms with Crippen LogP contribution in [0.5, 0.6) is 0 Å². The monoisotopic (exact) mass is 231 g/mol. The molecule has 0 saturated carbocycles. The lowest BCUT2D eigenvalue weighted by Crippen LogP contribution is -2.47. The van der Waals surface area contributed by atoms with Gasteiger partial charge in [-0.15, -0.1) is 0 Å². The van der Waals surface area contributed by atoms with Crippen LogP contribution in [0, 0.1) is 0 Å². The molecular formula is C9H13NO4S. The number of amides is 2. The molecule has 6 heteroatoms. The number of nitrogens with zero attached hydrogens (tertiary/aromatic N) is 1. The largest absolute Gasteiger partial charge is 0.443 e. The molecule has 1 heterocycles. The molecule has 0 unspecified atom stereocenters. The number of carbonyl (C=O) groups excluding carboxylic acids is 3. The van der Waals surface area contributed by atoms with Crippen molar-refractivity contribution in [2.45, 2.75) is 26.4 Å². The second-order valence-corrected chi connectivity index (χ2v) is 5.14. The van der Waals surface area contributed by atoms with E-state index in [0.29, 0.717) is 5.75 Å². The van der Waals surface area contributed by atoms with Crippen LogP contribution in [-0.2, 0) is 14.3 Å². The maximum Gasteiger partial charge on any atom is 0.417 e. The van der Waals surface area contributed by atoms with Crippen LogP contribution in [0.25, 0.3) is 0 Å². The molecule has 0 aromatic rings. The average Bonchev–Trinajstić information content (AvgIpc) is 2.06. The van der Waals surface area contributed by atoms with Crippen molar-refractivity contribution in [2.75, 3.05) is 12.3 Å². The quantitative estimate of drug-likeness (QED) is 0.582. The van der Waals surface area contributed by atoms with Crippen molar-refractivity contribution in [3.8, 4) is 0 Å². The smallest absolute Gasteiger partial charge is 0.417 e. The minimum absolute atomic E-state index is 0.226. The molecule has 0 N–H and O–H groups in total. The summed E-state index contributed by atoms with van der Waals surface area (Å²) in [6.45, 7) is 5.34. The second-order valence-electron chi connectivity index (χ2n) is 4.07. The van der Waals surface area contributed by atoms with Crippen molar-refractivity contribution >= 4 is 28.9 Å². The van der Waals surface area contributed by atoms with Gasteiger partial charge in [0.2, 0.25) is 0 Å². The van der Waals surface area contributed by atoms with Gasteiger partial charge in [0.25, 0.3) is 5.12 Å². The van der Waals surface area contributed by atoms with Gasteiger partial charge in [-0.05, 0) is 20.8 Å². The molecule has 1 aliphatic heterocycles. The number of hydrogen-bond acceptors (Lipinski definition) is 5. The number of carbonyl (C=O) groups is 3. The molecule has 0 radical (unpaired) electrons. The third kappa shape index (κ3) is 3.23. The van der Waals surface area contributed by atoms with E-state index >= 15 is 0 Å². The standard InChI is InChI=1S/C9H13NO4S/c1-9(2,3)14-8(13)10-4-5-15-7(12)6(10)11/h4-5H2,1-3H3. The van der Waals surface area contributed by atoms with Crippen molar-refractivity contribution in [3.63, 3.8) is 0 Å². The van der Waals surface area contributed by atoms with Gasteiger partial charge in [-0.1, -0.05) is 11.8 Å². The summed E-state index contributed by atoms with van der Waals surface area (Å²) >= 11 is 0.927. The highest BCUT2D eigenvalue weighted by Crippen LogP contribution is 2.16. The van der Waals surface area contributed by atoms with Crippen LogP contribution in [0.2, 0.25) is 0 Å². The van der Waals surface area contributed by atoms with Crippen LogP contribution in [0.15, 0.2) is 0 Å². The Labute approximate surface area is 92.1 Å². The fourth-order valence-electron chi connectivity index (χ4n) is 0.994. The lowest BCUT2D eigenvalue weighted by molar-refractivity contribution is -0.140. The van der Waals surface area contributed by atoms with Crippen molar-refractivity contribution in [3.05, 3.63) is 0 Å². The van der Waals surface area contributed by atoms with Crippen molar-refractivity contribution in [1.29, 1.82) is 0 Å². The molecule has 0 aliphatic carbocycles. The van der Waals surface area contributed by atoms with Gasteiger partial charge in [-0.2, -0.15) is 0 Å². The maximum atomic E-state index is 11.5. The molecule has 84 valence electrons. The molecule has 0 aromatic carbocycles. The summed E-state index contributed by atoms with van der Waals surface area (Å²) in [4.78, 5) is 34.7. The van der Waals surface area contributed by atoms with Gasteiger partial charge < -0.3 is 4.74 Å². The van der Waals surface area contributed by atoms with E-state index in [4.69, 9.17) is 4.74 Å². The first-order chi connectivity index (χ1) is 6.81. The molecule has 2 amide bonds. The van der Waals surface area contributed by atoms with Crippen LogP contribution in [-0.4, -0.2) is 39.9 Å². The lowest BCUT2D eigenvalue weighted by atomic mass is 10.2. The van der Waals surface area contributed by atoms with E-state index < -0.39 is 22.7 Å². The Morgan fingerprint density at radius 2 is 2.00 bits per heavy atom. The van der Waals surface area contributed by atoms with E-state index in [-0.39, 0.29) is 6.54 Å². The summed E-state index contributed by atoms with van der Waals surface area (Å²) in [6.07, 6.45) is -0.749. The van der Waals surface area contributed by atoms with E-state index in [1.807, 2.05) is 0 Å². The second kappa shape index (κ2) is 4.22. The van der Waals surface area contributed by atoms with Crippen molar-refractivity contribution < 1.29 is 19.1 Å². The molecule has 0 bridgehead atoms. The predicted octanol–water partition coefficient (Wildman–Crippen LogP) is 1.02. The molecule has 15 heavy (non-hydrogen) atoms. The van der Waals surface area contributed by atoms with Crippen molar-refractivity contribution in [2.24, 2.45) is 0 Å². The SMILES string of the molecule is CC(C)(C)OC(=O)N1CCSC(=O)C1=O. The van der Waals surface area contributed by atoms with Gasteiger partial charge in [0.1, 0.15) is 5.60 Å². The molecule has 0 aromatic heterocycles. The van der Waals surface area contributed by atoms with Crippen LogP contribution in [0.4, 0.5) is 4.79 Å². The Kier molecular flexibility index (Phi) is 3.38. The Morgan fingerprint density at radius 3 is 2.53 bits per heavy atom. The Hall–Kier alpha value is -1.04. The summed E-state index contributed by atoms with van der Waals surface area (Å²) < 4.78 is 5.00. The molecule has 5 nitrogen and oxygen atoms in total. The first kappa shape index (κ1) is 12.0. The third-order valence-electron chi connectivity index (χ3n) is 1.58. The Bertz CT molecular complexity index is 308. The summed E-state index contributed by atoms with van der Waals surface area (Å²) in [5.41, 5.74) is -0.662. The number of hydrogen-bond donors (Lipinski definition) is 0. The van der Waals surface area contributed by atoms with Crippen LogP contribution < -0.4 is 0 Å². The first-order valence-electron chi connectivity index (χ1n) is 4.53. The summed E-state index contributed by atoms with van der Waals surface area (Å²) in [7, 11) is 0. The molecule has 1 saturated heterocycles. The highest BCUT2D eigenvalue weighted by molar-refractivity contribution is 8.15. The van der Waals surface area contributed by atoms with E-state index in [0.717, 1.165) is 16.7 Å². The van der Waals surface area contributed by atoms with Crippen LogP contribution >= 0.6 is 11.8 Å². The predicted molar refractivity (Wildman–Crippen MR) is 55.4 cm³/mol. The number of imide groups is 1. The van der Waals surface area contributed by atoms with Gasteiger partial charge in [-0.3, -0.25) is 9.59 Å². The topological polar surface area (TPSA) is 63.7 Å². The highest BCUT2D eigenvalue weighted by atomic mass is 32.2. The number of ether oxygens (including phenoxy) is 1. The molecule has 0 spiro atoms. The van der Waals surface area contributed by atoms with E-state index in [9.17, 15) is 14.4 Å². The van der Waals surface area contributed by atoms with E-state index in [1.54, 1.807) is 20.8 Å². The summed E-state index contributed by atoms with van der Waals surface area (Å²) in [5.74, 6) is -0.357. The third-order valence-corrected chi connectivity index (χ3v) is 2.41. The molecule has 1 rings (SSSR count). The van der Waals surface area contributed by atoms with Crippen LogP contribution in [0.1, 0.15) is 20.8 Å². The van der Waals surface area contributed by atoms with E-state index in [1.165, 1.54) is 0 Å². The van der Waals surface area contributed by atoms with Crippen molar-refractivity contribution in [1.82, 2.24) is 4.90 Å². The number of thioether (sulfide) groups is 1. The zero-order valence-corrected chi connectivity index (χ0v) is 9.72.